The Kier molecular flexibility index (Phi) is 4.02. The second-order valence-corrected chi connectivity index (χ2v) is 6.62. The third-order valence-electron chi connectivity index (χ3n) is 5.17. The van der Waals surface area contributed by atoms with Gasteiger partial charge in [-0.15, -0.1) is 0 Å². The molecule has 0 aliphatic carbocycles. The van der Waals surface area contributed by atoms with Crippen LogP contribution < -0.4 is 4.90 Å². The average Bonchev–Trinajstić information content (AvgIpc) is 3.15. The van der Waals surface area contributed by atoms with Crippen LogP contribution in [-0.4, -0.2) is 52.0 Å². The fourth-order valence-electron chi connectivity index (χ4n) is 3.82. The highest BCUT2D eigenvalue weighted by molar-refractivity contribution is 5.78. The number of likely N-dealkylation sites (tertiary alicyclic amines) is 1. The lowest BCUT2D eigenvalue weighted by Gasteiger charge is -2.37. The van der Waals surface area contributed by atoms with E-state index in [0.29, 0.717) is 17.1 Å². The first-order valence-corrected chi connectivity index (χ1v) is 8.61. The van der Waals surface area contributed by atoms with Crippen LogP contribution in [0.4, 0.5) is 11.5 Å². The molecule has 2 fully saturated rings. The van der Waals surface area contributed by atoms with Crippen LogP contribution in [0.3, 0.4) is 0 Å². The summed E-state index contributed by atoms with van der Waals surface area (Å²) in [5.41, 5.74) is 1.33. The second-order valence-electron chi connectivity index (χ2n) is 6.62. The fraction of sp³-hybridized carbons (Fsp3) is 0.529. The first-order valence-electron chi connectivity index (χ1n) is 8.61. The van der Waals surface area contributed by atoms with Crippen molar-refractivity contribution in [2.24, 2.45) is 0 Å². The molecular weight excluding hydrogens is 306 g/mol. The van der Waals surface area contributed by atoms with Gasteiger partial charge in [0, 0.05) is 31.3 Å². The molecule has 0 atom stereocenters. The maximum absolute atomic E-state index is 10.8. The minimum absolute atomic E-state index is 0.0518. The SMILES string of the molecule is O=[N+]([O-])c1ccc2nc(N3CCC(N4CCCC4)CC3)cnc2c1. The number of hydrogen-bond donors (Lipinski definition) is 0. The van der Waals surface area contributed by atoms with Crippen LogP contribution in [0.5, 0.6) is 0 Å². The van der Waals surface area contributed by atoms with E-state index in [4.69, 9.17) is 0 Å². The number of benzene rings is 1. The minimum atomic E-state index is -0.405. The Balaban J connectivity index is 1.48. The zero-order valence-corrected chi connectivity index (χ0v) is 13.6. The zero-order valence-electron chi connectivity index (χ0n) is 13.6. The van der Waals surface area contributed by atoms with Crippen LogP contribution >= 0.6 is 0 Å². The summed E-state index contributed by atoms with van der Waals surface area (Å²) < 4.78 is 0. The standard InChI is InChI=1S/C17H21N5O2/c23-22(24)14-3-4-15-16(11-14)18-12-17(19-15)21-9-5-13(6-10-21)20-7-1-2-8-20/h3-4,11-13H,1-2,5-10H2. The predicted octanol–water partition coefficient (Wildman–Crippen LogP) is 2.60. The summed E-state index contributed by atoms with van der Waals surface area (Å²) in [5.74, 6) is 0.872. The molecule has 0 N–H and O–H groups in total. The van der Waals surface area contributed by atoms with E-state index in [9.17, 15) is 10.1 Å². The topological polar surface area (TPSA) is 75.4 Å². The van der Waals surface area contributed by atoms with E-state index in [0.717, 1.165) is 18.9 Å². The molecule has 2 aromatic rings. The van der Waals surface area contributed by atoms with Crippen LogP contribution in [0, 0.1) is 10.1 Å². The van der Waals surface area contributed by atoms with E-state index in [2.05, 4.69) is 19.8 Å². The average molecular weight is 327 g/mol. The number of fused-ring (bicyclic) bond motifs is 1. The van der Waals surface area contributed by atoms with Crippen LogP contribution in [0.2, 0.25) is 0 Å². The number of nitro benzene ring substituents is 1. The number of nitrogens with zero attached hydrogens (tertiary/aromatic N) is 5. The second kappa shape index (κ2) is 6.32. The van der Waals surface area contributed by atoms with Gasteiger partial charge >= 0.3 is 0 Å². The van der Waals surface area contributed by atoms with Gasteiger partial charge in [-0.25, -0.2) is 4.98 Å². The van der Waals surface area contributed by atoms with Crippen LogP contribution in [0.1, 0.15) is 25.7 Å². The van der Waals surface area contributed by atoms with Crippen molar-refractivity contribution in [3.05, 3.63) is 34.5 Å². The molecule has 0 radical (unpaired) electrons. The highest BCUT2D eigenvalue weighted by Crippen LogP contribution is 2.25. The van der Waals surface area contributed by atoms with E-state index in [1.807, 2.05) is 0 Å². The monoisotopic (exact) mass is 327 g/mol. The molecule has 1 aromatic heterocycles. The Labute approximate surface area is 140 Å². The number of rotatable bonds is 3. The Bertz CT molecular complexity index is 752. The molecule has 0 saturated carbocycles. The van der Waals surface area contributed by atoms with Crippen molar-refractivity contribution >= 4 is 22.5 Å². The molecule has 4 rings (SSSR count). The first kappa shape index (κ1) is 15.3. The zero-order chi connectivity index (χ0) is 16.5. The highest BCUT2D eigenvalue weighted by Gasteiger charge is 2.27. The minimum Gasteiger partial charge on any atom is -0.355 e. The van der Waals surface area contributed by atoms with E-state index in [1.54, 1.807) is 12.3 Å². The van der Waals surface area contributed by atoms with E-state index in [1.165, 1.54) is 50.9 Å². The molecule has 24 heavy (non-hydrogen) atoms. The molecule has 1 aromatic carbocycles. The largest absolute Gasteiger partial charge is 0.355 e. The highest BCUT2D eigenvalue weighted by atomic mass is 16.6. The quantitative estimate of drug-likeness (QED) is 0.637. The van der Waals surface area contributed by atoms with E-state index >= 15 is 0 Å². The van der Waals surface area contributed by atoms with E-state index < -0.39 is 4.92 Å². The number of piperidine rings is 1. The maximum atomic E-state index is 10.8. The van der Waals surface area contributed by atoms with Crippen LogP contribution in [0.15, 0.2) is 24.4 Å². The Hall–Kier alpha value is -2.28. The normalized spacial score (nSPS) is 19.9. The first-order chi connectivity index (χ1) is 11.7. The number of nitro groups is 1. The van der Waals surface area contributed by atoms with Crippen molar-refractivity contribution in [3.63, 3.8) is 0 Å². The Morgan fingerprint density at radius 3 is 2.54 bits per heavy atom. The van der Waals surface area contributed by atoms with Crippen LogP contribution in [0.25, 0.3) is 11.0 Å². The molecule has 126 valence electrons. The molecule has 0 unspecified atom stereocenters. The van der Waals surface area contributed by atoms with Gasteiger partial charge in [0.25, 0.3) is 5.69 Å². The van der Waals surface area contributed by atoms with Crippen molar-refractivity contribution in [1.29, 1.82) is 0 Å². The van der Waals surface area contributed by atoms with Gasteiger partial charge in [-0.05, 0) is 44.8 Å². The Morgan fingerprint density at radius 1 is 1.08 bits per heavy atom. The van der Waals surface area contributed by atoms with Crippen molar-refractivity contribution in [1.82, 2.24) is 14.9 Å². The van der Waals surface area contributed by atoms with Crippen LogP contribution in [-0.2, 0) is 0 Å². The summed E-state index contributed by atoms with van der Waals surface area (Å²) in [4.78, 5) is 24.4. The molecule has 2 aliphatic rings. The smallest absolute Gasteiger partial charge is 0.271 e. The lowest BCUT2D eigenvalue weighted by molar-refractivity contribution is -0.384. The number of aromatic nitrogens is 2. The summed E-state index contributed by atoms with van der Waals surface area (Å²) in [6.45, 7) is 4.49. The van der Waals surface area contributed by atoms with Gasteiger partial charge in [-0.1, -0.05) is 0 Å². The number of hydrogen-bond acceptors (Lipinski definition) is 6. The summed E-state index contributed by atoms with van der Waals surface area (Å²) in [7, 11) is 0. The lowest BCUT2D eigenvalue weighted by atomic mass is 10.0. The fourth-order valence-corrected chi connectivity index (χ4v) is 3.82. The molecule has 0 amide bonds. The van der Waals surface area contributed by atoms with Gasteiger partial charge in [-0.3, -0.25) is 15.1 Å². The number of anilines is 1. The summed E-state index contributed by atoms with van der Waals surface area (Å²) in [6.07, 6.45) is 6.74. The van der Waals surface area contributed by atoms with Gasteiger partial charge in [0.15, 0.2) is 0 Å². The van der Waals surface area contributed by atoms with Crippen molar-refractivity contribution in [2.75, 3.05) is 31.1 Å². The molecule has 0 spiro atoms. The van der Waals surface area contributed by atoms with Crippen molar-refractivity contribution in [2.45, 2.75) is 31.7 Å². The predicted molar refractivity (Wildman–Crippen MR) is 92.2 cm³/mol. The molecule has 0 bridgehead atoms. The summed E-state index contributed by atoms with van der Waals surface area (Å²) in [5, 5.41) is 10.8. The summed E-state index contributed by atoms with van der Waals surface area (Å²) in [6, 6.07) is 5.35. The summed E-state index contributed by atoms with van der Waals surface area (Å²) >= 11 is 0. The van der Waals surface area contributed by atoms with Crippen molar-refractivity contribution in [3.8, 4) is 0 Å². The Morgan fingerprint density at radius 2 is 1.83 bits per heavy atom. The van der Waals surface area contributed by atoms with Gasteiger partial charge < -0.3 is 9.80 Å². The van der Waals surface area contributed by atoms with E-state index in [-0.39, 0.29) is 5.69 Å². The van der Waals surface area contributed by atoms with Gasteiger partial charge in [0.1, 0.15) is 5.82 Å². The molecule has 2 aliphatic heterocycles. The third-order valence-corrected chi connectivity index (χ3v) is 5.17. The molecule has 3 heterocycles. The molecule has 7 nitrogen and oxygen atoms in total. The molecule has 2 saturated heterocycles. The molecule has 7 heteroatoms. The van der Waals surface area contributed by atoms with Gasteiger partial charge in [0.2, 0.25) is 0 Å². The molecular formula is C17H21N5O2. The number of non-ortho nitro benzene ring substituents is 1. The van der Waals surface area contributed by atoms with Gasteiger partial charge in [-0.2, -0.15) is 0 Å². The third kappa shape index (κ3) is 2.91. The van der Waals surface area contributed by atoms with Crippen molar-refractivity contribution < 1.29 is 4.92 Å². The van der Waals surface area contributed by atoms with Gasteiger partial charge in [0.05, 0.1) is 22.2 Å². The maximum Gasteiger partial charge on any atom is 0.271 e. The lowest BCUT2D eigenvalue weighted by Crippen LogP contribution is -2.44.